The van der Waals surface area contributed by atoms with E-state index in [1.54, 1.807) is 25.8 Å². The summed E-state index contributed by atoms with van der Waals surface area (Å²) in [6, 6.07) is 21.8. The number of hydrogen-bond donors (Lipinski definition) is 0. The van der Waals surface area contributed by atoms with Crippen LogP contribution in [-0.2, 0) is 31.9 Å². The Hall–Kier alpha value is -2.66. The van der Waals surface area contributed by atoms with E-state index in [1.165, 1.54) is 11.8 Å². The summed E-state index contributed by atoms with van der Waals surface area (Å²) in [6.07, 6.45) is 7.32. The molecule has 0 radical (unpaired) electrons. The van der Waals surface area contributed by atoms with E-state index in [0.29, 0.717) is 29.5 Å². The fourth-order valence-electron chi connectivity index (χ4n) is 6.12. The Morgan fingerprint density at radius 1 is 0.957 bits per heavy atom. The number of unbranched alkanes of at least 4 members (excludes halogenated alkanes) is 2. The summed E-state index contributed by atoms with van der Waals surface area (Å²) in [5, 5.41) is 0. The third kappa shape index (κ3) is 8.43. The predicted octanol–water partition coefficient (Wildman–Crippen LogP) is 8.68. The molecule has 0 aromatic heterocycles. The molecule has 1 aliphatic rings. The van der Waals surface area contributed by atoms with Crippen LogP contribution in [-0.4, -0.2) is 56.5 Å². The molecule has 0 bridgehead atoms. The molecule has 3 aromatic rings. The zero-order valence-corrected chi connectivity index (χ0v) is 30.2. The van der Waals surface area contributed by atoms with Crippen LogP contribution in [0.25, 0.3) is 0 Å². The van der Waals surface area contributed by atoms with Crippen molar-refractivity contribution in [1.82, 2.24) is 4.31 Å². The predicted molar refractivity (Wildman–Crippen MR) is 192 cm³/mol. The first-order chi connectivity index (χ1) is 22.2. The summed E-state index contributed by atoms with van der Waals surface area (Å²) in [7, 11) is -2.36. The molecule has 0 N–H and O–H groups in total. The highest BCUT2D eigenvalue weighted by Crippen LogP contribution is 2.47. The molecule has 0 saturated heterocycles. The molecule has 1 heterocycles. The van der Waals surface area contributed by atoms with Gasteiger partial charge in [-0.3, -0.25) is 4.79 Å². The van der Waals surface area contributed by atoms with Crippen LogP contribution in [0.1, 0.15) is 70.4 Å². The van der Waals surface area contributed by atoms with Gasteiger partial charge in [-0.05, 0) is 73.5 Å². The molecule has 0 fully saturated rings. The average molecular weight is 685 g/mol. The van der Waals surface area contributed by atoms with Crippen molar-refractivity contribution in [3.63, 3.8) is 0 Å². The van der Waals surface area contributed by atoms with E-state index in [4.69, 9.17) is 9.47 Å². The maximum Gasteiger partial charge on any atom is 0.315 e. The van der Waals surface area contributed by atoms with Crippen LogP contribution in [0.4, 0.5) is 11.4 Å². The molecular weight excluding hydrogens is 637 g/mol. The summed E-state index contributed by atoms with van der Waals surface area (Å²) in [5.74, 6) is 1.18. The summed E-state index contributed by atoms with van der Waals surface area (Å²) >= 11 is 3.04. The van der Waals surface area contributed by atoms with E-state index >= 15 is 8.42 Å². The highest BCUT2D eigenvalue weighted by atomic mass is 32.2. The van der Waals surface area contributed by atoms with Crippen LogP contribution >= 0.6 is 23.5 Å². The van der Waals surface area contributed by atoms with Crippen LogP contribution in [0.15, 0.2) is 76.5 Å². The number of hydrogen-bond acceptors (Lipinski definition) is 8. The van der Waals surface area contributed by atoms with Crippen molar-refractivity contribution >= 4 is 50.9 Å². The lowest BCUT2D eigenvalue weighted by atomic mass is 9.85. The second-order valence-corrected chi connectivity index (χ2v) is 15.3. The van der Waals surface area contributed by atoms with Crippen molar-refractivity contribution in [2.75, 3.05) is 37.2 Å². The molecule has 0 aliphatic carbocycles. The van der Waals surface area contributed by atoms with Crippen molar-refractivity contribution in [2.24, 2.45) is 0 Å². The maximum absolute atomic E-state index is 15.3. The zero-order chi connectivity index (χ0) is 33.2. The molecule has 0 spiro atoms. The SMILES string of the molecule is CCCCC1(CCCC)CN(c2ccccc2)c2cc(SC)c(CSCC(=O)OCC)cc2S(=O)(=O)N1Cc1ccc(OC)cc1. The Bertz CT molecular complexity index is 1520. The third-order valence-corrected chi connectivity index (χ3v) is 12.3. The van der Waals surface area contributed by atoms with E-state index in [9.17, 15) is 4.79 Å². The maximum atomic E-state index is 15.3. The lowest BCUT2D eigenvalue weighted by molar-refractivity contribution is -0.139. The van der Waals surface area contributed by atoms with Gasteiger partial charge < -0.3 is 14.4 Å². The van der Waals surface area contributed by atoms with E-state index in [-0.39, 0.29) is 18.3 Å². The average Bonchev–Trinajstić information content (AvgIpc) is 3.14. The van der Waals surface area contributed by atoms with Gasteiger partial charge >= 0.3 is 5.97 Å². The number of carbonyl (C=O) groups excluding carboxylic acids is 1. The molecule has 0 atom stereocenters. The number of methoxy groups -OCH3 is 1. The van der Waals surface area contributed by atoms with Gasteiger partial charge in [-0.25, -0.2) is 8.42 Å². The summed E-state index contributed by atoms with van der Waals surface area (Å²) in [6.45, 7) is 7.28. The van der Waals surface area contributed by atoms with Crippen molar-refractivity contribution in [2.45, 2.75) is 86.9 Å². The van der Waals surface area contributed by atoms with Crippen molar-refractivity contribution in [1.29, 1.82) is 0 Å². The molecule has 46 heavy (non-hydrogen) atoms. The van der Waals surface area contributed by atoms with Crippen LogP contribution in [0, 0.1) is 0 Å². The Labute approximate surface area is 284 Å². The molecule has 4 rings (SSSR count). The molecule has 0 saturated carbocycles. The zero-order valence-electron chi connectivity index (χ0n) is 27.8. The Kier molecular flexibility index (Phi) is 13.3. The molecule has 0 amide bonds. The van der Waals surface area contributed by atoms with Gasteiger partial charge in [-0.15, -0.1) is 23.5 Å². The second-order valence-electron chi connectivity index (χ2n) is 11.6. The molecule has 0 unspecified atom stereocenters. The van der Waals surface area contributed by atoms with Crippen LogP contribution in [0.5, 0.6) is 5.75 Å². The van der Waals surface area contributed by atoms with Crippen molar-refractivity contribution in [3.8, 4) is 5.75 Å². The number of esters is 1. The van der Waals surface area contributed by atoms with Crippen molar-refractivity contribution in [3.05, 3.63) is 77.9 Å². The molecule has 1 aliphatic heterocycles. The largest absolute Gasteiger partial charge is 0.497 e. The van der Waals surface area contributed by atoms with Gasteiger partial charge in [0, 0.05) is 29.4 Å². The first-order valence-corrected chi connectivity index (χ1v) is 20.0. The number of fused-ring (bicyclic) bond motifs is 1. The second kappa shape index (κ2) is 16.9. The first kappa shape index (κ1) is 36.2. The fraction of sp³-hybridized carbons (Fsp3) is 0.472. The highest BCUT2D eigenvalue weighted by Gasteiger charge is 2.48. The smallest absolute Gasteiger partial charge is 0.315 e. The number of thioether (sulfide) groups is 2. The summed E-state index contributed by atoms with van der Waals surface area (Å²) in [5.41, 5.74) is 2.85. The topological polar surface area (TPSA) is 76.2 Å². The van der Waals surface area contributed by atoms with Gasteiger partial charge in [-0.2, -0.15) is 4.31 Å². The molecule has 7 nitrogen and oxygen atoms in total. The Morgan fingerprint density at radius 3 is 2.22 bits per heavy atom. The minimum atomic E-state index is -3.99. The summed E-state index contributed by atoms with van der Waals surface area (Å²) in [4.78, 5) is 15.7. The normalized spacial score (nSPS) is 15.6. The van der Waals surface area contributed by atoms with Gasteiger partial charge in [-0.1, -0.05) is 69.9 Å². The number of sulfonamides is 1. The first-order valence-electron chi connectivity index (χ1n) is 16.2. The molecular formula is C36H48N2O5S3. The number of para-hydroxylation sites is 1. The fourth-order valence-corrected chi connectivity index (χ4v) is 9.68. The number of benzene rings is 3. The van der Waals surface area contributed by atoms with Gasteiger partial charge in [0.25, 0.3) is 0 Å². The van der Waals surface area contributed by atoms with E-state index in [2.05, 4.69) is 30.9 Å². The minimum Gasteiger partial charge on any atom is -0.497 e. The van der Waals surface area contributed by atoms with Gasteiger partial charge in [0.2, 0.25) is 10.0 Å². The Morgan fingerprint density at radius 2 is 1.63 bits per heavy atom. The highest BCUT2D eigenvalue weighted by molar-refractivity contribution is 7.99. The number of ether oxygens (including phenoxy) is 2. The number of carbonyl (C=O) groups is 1. The standard InChI is InChI=1S/C36H48N2O5S3/c1-6-9-20-36(21-10-7-2)27-37(30-14-12-11-13-15-30)32-23-33(44-5)29(25-45-26-35(39)43-8-3)22-34(32)46(40,41)38(36)24-28-16-18-31(42-4)19-17-28/h11-19,22-23H,6-10,20-21,24-27H2,1-5H3. The lowest BCUT2D eigenvalue weighted by Crippen LogP contribution is -2.55. The number of nitrogens with zero attached hydrogens (tertiary/aromatic N) is 2. The van der Waals surface area contributed by atoms with E-state index in [1.807, 2.05) is 65.2 Å². The third-order valence-electron chi connectivity index (χ3n) is 8.53. The van der Waals surface area contributed by atoms with Gasteiger partial charge in [0.15, 0.2) is 0 Å². The minimum absolute atomic E-state index is 0.211. The molecule has 250 valence electrons. The lowest BCUT2D eigenvalue weighted by Gasteiger charge is -2.44. The van der Waals surface area contributed by atoms with Crippen LogP contribution in [0.3, 0.4) is 0 Å². The quantitative estimate of drug-likeness (QED) is 0.110. The number of rotatable bonds is 16. The van der Waals surface area contributed by atoms with Gasteiger partial charge in [0.1, 0.15) is 10.6 Å². The molecule has 3 aromatic carbocycles. The van der Waals surface area contributed by atoms with Crippen LogP contribution < -0.4 is 9.64 Å². The van der Waals surface area contributed by atoms with E-state index < -0.39 is 15.6 Å². The number of anilines is 2. The Balaban J connectivity index is 1.94. The molecule has 10 heteroatoms. The monoisotopic (exact) mass is 684 g/mol. The van der Waals surface area contributed by atoms with E-state index in [0.717, 1.165) is 66.0 Å². The summed E-state index contributed by atoms with van der Waals surface area (Å²) < 4.78 is 42.9. The van der Waals surface area contributed by atoms with Crippen LogP contribution in [0.2, 0.25) is 0 Å². The van der Waals surface area contributed by atoms with Gasteiger partial charge in [0.05, 0.1) is 30.7 Å². The van der Waals surface area contributed by atoms with Crippen molar-refractivity contribution < 1.29 is 22.7 Å².